The molecular formula is C11H19N3. The fraction of sp³-hybridized carbons (Fsp3) is 0.727. The quantitative estimate of drug-likeness (QED) is 0.721. The van der Waals surface area contributed by atoms with Crippen LogP contribution in [-0.4, -0.2) is 22.6 Å². The Hall–Kier alpha value is -0.830. The van der Waals surface area contributed by atoms with E-state index in [1.165, 1.54) is 25.0 Å². The number of aryl methyl sites for hydroxylation is 1. The van der Waals surface area contributed by atoms with Gasteiger partial charge in [-0.3, -0.25) is 0 Å². The molecule has 2 rings (SSSR count). The normalized spacial score (nSPS) is 16.1. The lowest BCUT2D eigenvalue weighted by atomic mass is 10.3. The van der Waals surface area contributed by atoms with E-state index in [0.717, 1.165) is 31.3 Å². The largest absolute Gasteiger partial charge is 0.346 e. The first-order valence-electron chi connectivity index (χ1n) is 5.64. The molecule has 78 valence electrons. The summed E-state index contributed by atoms with van der Waals surface area (Å²) >= 11 is 0. The van der Waals surface area contributed by atoms with Crippen molar-refractivity contribution in [1.29, 1.82) is 0 Å². The van der Waals surface area contributed by atoms with Crippen LogP contribution in [0.25, 0.3) is 0 Å². The molecule has 1 aromatic rings. The van der Waals surface area contributed by atoms with Crippen molar-refractivity contribution in [2.75, 3.05) is 6.54 Å². The lowest BCUT2D eigenvalue weighted by molar-refractivity contribution is 0.668. The predicted octanol–water partition coefficient (Wildman–Crippen LogP) is 1.66. The fourth-order valence-electron chi connectivity index (χ4n) is 1.61. The summed E-state index contributed by atoms with van der Waals surface area (Å²) in [6.07, 6.45) is 8.01. The smallest absolute Gasteiger partial charge is 0.107 e. The van der Waals surface area contributed by atoms with Crippen molar-refractivity contribution in [3.05, 3.63) is 17.7 Å². The van der Waals surface area contributed by atoms with Gasteiger partial charge in [0.25, 0.3) is 0 Å². The SMILES string of the molecule is CCCc1cnc(CCNC2CC2)[nH]1. The molecule has 0 aliphatic heterocycles. The molecule has 0 amide bonds. The van der Waals surface area contributed by atoms with Crippen LogP contribution in [0.5, 0.6) is 0 Å². The number of nitrogens with one attached hydrogen (secondary N) is 2. The van der Waals surface area contributed by atoms with Crippen LogP contribution in [-0.2, 0) is 12.8 Å². The lowest BCUT2D eigenvalue weighted by Gasteiger charge is -1.99. The zero-order chi connectivity index (χ0) is 9.80. The van der Waals surface area contributed by atoms with Crippen molar-refractivity contribution in [3.8, 4) is 0 Å². The number of hydrogen-bond acceptors (Lipinski definition) is 2. The second-order valence-electron chi connectivity index (χ2n) is 4.08. The molecule has 0 saturated heterocycles. The van der Waals surface area contributed by atoms with Crippen LogP contribution >= 0.6 is 0 Å². The van der Waals surface area contributed by atoms with Gasteiger partial charge in [-0.15, -0.1) is 0 Å². The number of rotatable bonds is 6. The first kappa shape index (κ1) is 9.71. The van der Waals surface area contributed by atoms with Crippen LogP contribution in [0.4, 0.5) is 0 Å². The summed E-state index contributed by atoms with van der Waals surface area (Å²) < 4.78 is 0. The van der Waals surface area contributed by atoms with E-state index in [2.05, 4.69) is 22.2 Å². The van der Waals surface area contributed by atoms with E-state index in [1.54, 1.807) is 0 Å². The molecule has 0 aromatic carbocycles. The van der Waals surface area contributed by atoms with Gasteiger partial charge in [0.2, 0.25) is 0 Å². The summed E-state index contributed by atoms with van der Waals surface area (Å²) in [6, 6.07) is 0.806. The van der Waals surface area contributed by atoms with Gasteiger partial charge in [0, 0.05) is 30.9 Å². The highest BCUT2D eigenvalue weighted by atomic mass is 15.0. The second kappa shape index (κ2) is 4.60. The molecule has 0 unspecified atom stereocenters. The number of imidazole rings is 1. The van der Waals surface area contributed by atoms with Crippen LogP contribution in [0.3, 0.4) is 0 Å². The second-order valence-corrected chi connectivity index (χ2v) is 4.08. The van der Waals surface area contributed by atoms with Gasteiger partial charge in [0.05, 0.1) is 0 Å². The molecule has 14 heavy (non-hydrogen) atoms. The maximum atomic E-state index is 4.36. The zero-order valence-corrected chi connectivity index (χ0v) is 8.84. The van der Waals surface area contributed by atoms with E-state index >= 15 is 0 Å². The monoisotopic (exact) mass is 193 g/mol. The summed E-state index contributed by atoms with van der Waals surface area (Å²) in [4.78, 5) is 7.71. The standard InChI is InChI=1S/C11H19N3/c1-2-3-10-8-13-11(14-10)6-7-12-9-4-5-9/h8-9,12H,2-7H2,1H3,(H,13,14). The van der Waals surface area contributed by atoms with Crippen molar-refractivity contribution in [2.45, 2.75) is 45.1 Å². The summed E-state index contributed by atoms with van der Waals surface area (Å²) in [5.41, 5.74) is 1.27. The minimum Gasteiger partial charge on any atom is -0.346 e. The Labute approximate surface area is 85.3 Å². The molecule has 0 spiro atoms. The molecule has 1 fully saturated rings. The van der Waals surface area contributed by atoms with Crippen LogP contribution in [0.2, 0.25) is 0 Å². The van der Waals surface area contributed by atoms with Gasteiger partial charge < -0.3 is 10.3 Å². The molecule has 1 aliphatic carbocycles. The molecule has 0 radical (unpaired) electrons. The van der Waals surface area contributed by atoms with E-state index in [0.29, 0.717) is 0 Å². The van der Waals surface area contributed by atoms with Crippen LogP contribution in [0, 0.1) is 0 Å². The number of aromatic amines is 1. The van der Waals surface area contributed by atoms with Crippen LogP contribution in [0.1, 0.15) is 37.7 Å². The number of aromatic nitrogens is 2. The summed E-state index contributed by atoms with van der Waals surface area (Å²) in [6.45, 7) is 3.25. The minimum atomic E-state index is 0.806. The minimum absolute atomic E-state index is 0.806. The maximum absolute atomic E-state index is 4.36. The van der Waals surface area contributed by atoms with E-state index < -0.39 is 0 Å². The van der Waals surface area contributed by atoms with Crippen molar-refractivity contribution >= 4 is 0 Å². The third kappa shape index (κ3) is 2.84. The van der Waals surface area contributed by atoms with Gasteiger partial charge in [0.1, 0.15) is 5.82 Å². The molecule has 0 bridgehead atoms. The zero-order valence-electron chi connectivity index (χ0n) is 8.84. The van der Waals surface area contributed by atoms with Crippen LogP contribution < -0.4 is 5.32 Å². The summed E-state index contributed by atoms with van der Waals surface area (Å²) in [5.74, 6) is 1.13. The van der Waals surface area contributed by atoms with Crippen molar-refractivity contribution in [1.82, 2.24) is 15.3 Å². The Morgan fingerprint density at radius 1 is 1.50 bits per heavy atom. The van der Waals surface area contributed by atoms with Gasteiger partial charge in [-0.1, -0.05) is 13.3 Å². The Bertz CT molecular complexity index is 276. The fourth-order valence-corrected chi connectivity index (χ4v) is 1.61. The molecule has 2 N–H and O–H groups in total. The van der Waals surface area contributed by atoms with Gasteiger partial charge in [-0.2, -0.15) is 0 Å². The first-order chi connectivity index (χ1) is 6.88. The summed E-state index contributed by atoms with van der Waals surface area (Å²) in [7, 11) is 0. The molecule has 1 saturated carbocycles. The number of hydrogen-bond donors (Lipinski definition) is 2. The van der Waals surface area contributed by atoms with Crippen LogP contribution in [0.15, 0.2) is 6.20 Å². The average molecular weight is 193 g/mol. The highest BCUT2D eigenvalue weighted by molar-refractivity contribution is 5.01. The number of H-pyrrole nitrogens is 1. The first-order valence-corrected chi connectivity index (χ1v) is 5.64. The highest BCUT2D eigenvalue weighted by Gasteiger charge is 2.19. The molecule has 3 heteroatoms. The molecule has 0 atom stereocenters. The Kier molecular flexibility index (Phi) is 3.19. The van der Waals surface area contributed by atoms with Crippen molar-refractivity contribution < 1.29 is 0 Å². The van der Waals surface area contributed by atoms with E-state index in [1.807, 2.05) is 6.20 Å². The van der Waals surface area contributed by atoms with Gasteiger partial charge in [-0.25, -0.2) is 4.98 Å². The summed E-state index contributed by atoms with van der Waals surface area (Å²) in [5, 5.41) is 3.49. The molecule has 3 nitrogen and oxygen atoms in total. The van der Waals surface area contributed by atoms with E-state index in [4.69, 9.17) is 0 Å². The van der Waals surface area contributed by atoms with E-state index in [9.17, 15) is 0 Å². The van der Waals surface area contributed by atoms with Crippen molar-refractivity contribution in [3.63, 3.8) is 0 Å². The van der Waals surface area contributed by atoms with Crippen molar-refractivity contribution in [2.24, 2.45) is 0 Å². The average Bonchev–Trinajstić information content (AvgIpc) is 2.88. The Morgan fingerprint density at radius 3 is 3.07 bits per heavy atom. The topological polar surface area (TPSA) is 40.7 Å². The molecule has 1 heterocycles. The molecule has 1 aliphatic rings. The Morgan fingerprint density at radius 2 is 2.36 bits per heavy atom. The molecular weight excluding hydrogens is 174 g/mol. The van der Waals surface area contributed by atoms with Gasteiger partial charge >= 0.3 is 0 Å². The van der Waals surface area contributed by atoms with Gasteiger partial charge in [-0.05, 0) is 19.3 Å². The molecule has 1 aromatic heterocycles. The third-order valence-electron chi connectivity index (χ3n) is 2.57. The predicted molar refractivity (Wildman–Crippen MR) is 57.3 cm³/mol. The lowest BCUT2D eigenvalue weighted by Crippen LogP contribution is -2.19. The maximum Gasteiger partial charge on any atom is 0.107 e. The van der Waals surface area contributed by atoms with Gasteiger partial charge in [0.15, 0.2) is 0 Å². The Balaban J connectivity index is 1.71. The number of nitrogens with zero attached hydrogens (tertiary/aromatic N) is 1. The third-order valence-corrected chi connectivity index (χ3v) is 2.57. The van der Waals surface area contributed by atoms with E-state index in [-0.39, 0.29) is 0 Å². The highest BCUT2D eigenvalue weighted by Crippen LogP contribution is 2.18.